The highest BCUT2D eigenvalue weighted by molar-refractivity contribution is 7.92. The van der Waals surface area contributed by atoms with Gasteiger partial charge < -0.3 is 5.32 Å². The monoisotopic (exact) mass is 344 g/mol. The van der Waals surface area contributed by atoms with E-state index in [9.17, 15) is 13.2 Å². The Morgan fingerprint density at radius 2 is 1.95 bits per heavy atom. The summed E-state index contributed by atoms with van der Waals surface area (Å²) in [4.78, 5) is 12.3. The number of halogens is 1. The van der Waals surface area contributed by atoms with E-state index in [0.29, 0.717) is 23.7 Å². The first kappa shape index (κ1) is 17.1. The third-order valence-electron chi connectivity index (χ3n) is 3.32. The maximum Gasteiger partial charge on any atom is 0.253 e. The Bertz CT molecular complexity index is 681. The van der Waals surface area contributed by atoms with Crippen LogP contribution in [-0.2, 0) is 10.0 Å². The van der Waals surface area contributed by atoms with E-state index < -0.39 is 15.6 Å². The van der Waals surface area contributed by atoms with Crippen molar-refractivity contribution in [2.75, 3.05) is 16.6 Å². The number of rotatable bonds is 2. The molecule has 0 spiro atoms. The van der Waals surface area contributed by atoms with Gasteiger partial charge in [-0.15, -0.1) is 0 Å². The van der Waals surface area contributed by atoms with Crippen LogP contribution in [0.5, 0.6) is 0 Å². The summed E-state index contributed by atoms with van der Waals surface area (Å²) in [5.41, 5.74) is 0.381. The molecule has 0 aliphatic carbocycles. The molecule has 22 heavy (non-hydrogen) atoms. The molecule has 5 nitrogen and oxygen atoms in total. The van der Waals surface area contributed by atoms with Crippen molar-refractivity contribution in [3.8, 4) is 0 Å². The molecule has 0 bridgehead atoms. The maximum absolute atomic E-state index is 12.3. The van der Waals surface area contributed by atoms with E-state index in [2.05, 4.69) is 5.32 Å². The van der Waals surface area contributed by atoms with Gasteiger partial charge in [-0.2, -0.15) is 0 Å². The van der Waals surface area contributed by atoms with Crippen LogP contribution in [0.15, 0.2) is 18.2 Å². The summed E-state index contributed by atoms with van der Waals surface area (Å²) in [6, 6.07) is 4.75. The SMILES string of the molecule is CC(C)(C)NC(=O)c1cc(N2CCCCS2(=O)=O)ccc1Cl. The molecule has 122 valence electrons. The minimum atomic E-state index is -3.31. The second-order valence-corrected chi connectivity index (χ2v) is 8.88. The number of sulfonamides is 1. The lowest BCUT2D eigenvalue weighted by Gasteiger charge is -2.29. The number of hydrogen-bond acceptors (Lipinski definition) is 3. The largest absolute Gasteiger partial charge is 0.347 e. The minimum Gasteiger partial charge on any atom is -0.347 e. The predicted molar refractivity (Wildman–Crippen MR) is 89.0 cm³/mol. The number of carbonyl (C=O) groups excluding carboxylic acids is 1. The first-order chi connectivity index (χ1) is 10.1. The second-order valence-electron chi connectivity index (χ2n) is 6.46. The van der Waals surface area contributed by atoms with Gasteiger partial charge in [0.05, 0.1) is 22.0 Å². The lowest BCUT2D eigenvalue weighted by Crippen LogP contribution is -2.41. The van der Waals surface area contributed by atoms with Crippen LogP contribution in [0.1, 0.15) is 44.0 Å². The minimum absolute atomic E-state index is 0.138. The van der Waals surface area contributed by atoms with E-state index in [1.807, 2.05) is 20.8 Å². The van der Waals surface area contributed by atoms with Crippen LogP contribution in [0.4, 0.5) is 5.69 Å². The van der Waals surface area contributed by atoms with Gasteiger partial charge in [-0.05, 0) is 51.8 Å². The summed E-state index contributed by atoms with van der Waals surface area (Å²) >= 11 is 6.10. The standard InChI is InChI=1S/C15H21ClN2O3S/c1-15(2,3)17-14(19)12-10-11(6-7-13(12)16)18-8-4-5-9-22(18,20)21/h6-7,10H,4-5,8-9H2,1-3H3,(H,17,19). The number of carbonyl (C=O) groups is 1. The van der Waals surface area contributed by atoms with Crippen LogP contribution in [0, 0.1) is 0 Å². The van der Waals surface area contributed by atoms with Crippen molar-refractivity contribution < 1.29 is 13.2 Å². The molecule has 1 saturated heterocycles. The number of nitrogens with zero attached hydrogens (tertiary/aromatic N) is 1. The molecule has 1 fully saturated rings. The van der Waals surface area contributed by atoms with E-state index in [-0.39, 0.29) is 17.2 Å². The van der Waals surface area contributed by atoms with E-state index in [1.54, 1.807) is 18.2 Å². The zero-order valence-corrected chi connectivity index (χ0v) is 14.6. The average Bonchev–Trinajstić information content (AvgIpc) is 2.37. The smallest absolute Gasteiger partial charge is 0.253 e. The van der Waals surface area contributed by atoms with Crippen LogP contribution in [0.2, 0.25) is 5.02 Å². The molecule has 1 heterocycles. The summed E-state index contributed by atoms with van der Waals surface area (Å²) in [6.07, 6.45) is 1.48. The Hall–Kier alpha value is -1.27. The Kier molecular flexibility index (Phi) is 4.73. The number of nitrogens with one attached hydrogen (secondary N) is 1. The average molecular weight is 345 g/mol. The first-order valence-corrected chi connectivity index (χ1v) is 9.21. The predicted octanol–water partition coefficient (Wildman–Crippen LogP) is 2.80. The normalized spacial score (nSPS) is 18.1. The molecule has 1 aromatic rings. The topological polar surface area (TPSA) is 66.5 Å². The number of amides is 1. The molecule has 0 saturated carbocycles. The highest BCUT2D eigenvalue weighted by atomic mass is 35.5. The summed E-state index contributed by atoms with van der Waals surface area (Å²) in [5, 5.41) is 3.14. The van der Waals surface area contributed by atoms with Crippen LogP contribution in [0.25, 0.3) is 0 Å². The fourth-order valence-electron chi connectivity index (χ4n) is 2.33. The molecule has 0 atom stereocenters. The van der Waals surface area contributed by atoms with Gasteiger partial charge in [-0.1, -0.05) is 11.6 Å². The fourth-order valence-corrected chi connectivity index (χ4v) is 4.16. The molecular weight excluding hydrogens is 324 g/mol. The van der Waals surface area contributed by atoms with Gasteiger partial charge in [-0.25, -0.2) is 8.42 Å². The summed E-state index contributed by atoms with van der Waals surface area (Å²) in [6.45, 7) is 6.05. The van der Waals surface area contributed by atoms with Gasteiger partial charge in [0.1, 0.15) is 0 Å². The van der Waals surface area contributed by atoms with Gasteiger partial charge in [0.2, 0.25) is 10.0 Å². The quantitative estimate of drug-likeness (QED) is 0.897. The molecule has 1 aromatic carbocycles. The van der Waals surface area contributed by atoms with Gasteiger partial charge >= 0.3 is 0 Å². The third kappa shape index (κ3) is 3.93. The molecular formula is C15H21ClN2O3S. The van der Waals surface area contributed by atoms with Crippen molar-refractivity contribution in [3.63, 3.8) is 0 Å². The Balaban J connectivity index is 2.36. The third-order valence-corrected chi connectivity index (χ3v) is 5.52. The van der Waals surface area contributed by atoms with Crippen molar-refractivity contribution in [2.24, 2.45) is 0 Å². The molecule has 0 aromatic heterocycles. The van der Waals surface area contributed by atoms with Gasteiger partial charge in [0, 0.05) is 12.1 Å². The van der Waals surface area contributed by atoms with Crippen molar-refractivity contribution in [1.82, 2.24) is 5.32 Å². The van der Waals surface area contributed by atoms with E-state index in [1.165, 1.54) is 4.31 Å². The number of benzene rings is 1. The molecule has 1 amide bonds. The zero-order chi connectivity index (χ0) is 16.5. The van der Waals surface area contributed by atoms with Crippen molar-refractivity contribution in [2.45, 2.75) is 39.2 Å². The van der Waals surface area contributed by atoms with Gasteiger partial charge in [0.25, 0.3) is 5.91 Å². The van der Waals surface area contributed by atoms with Crippen molar-refractivity contribution >= 4 is 33.2 Å². The van der Waals surface area contributed by atoms with Crippen LogP contribution < -0.4 is 9.62 Å². The highest BCUT2D eigenvalue weighted by Crippen LogP contribution is 2.28. The van der Waals surface area contributed by atoms with Crippen LogP contribution in [0.3, 0.4) is 0 Å². The van der Waals surface area contributed by atoms with Gasteiger partial charge in [0.15, 0.2) is 0 Å². The van der Waals surface area contributed by atoms with Crippen LogP contribution in [-0.4, -0.2) is 32.2 Å². The Morgan fingerprint density at radius 1 is 1.27 bits per heavy atom. The molecule has 1 aliphatic heterocycles. The number of anilines is 1. The lowest BCUT2D eigenvalue weighted by atomic mass is 10.1. The van der Waals surface area contributed by atoms with E-state index >= 15 is 0 Å². The van der Waals surface area contributed by atoms with E-state index in [0.717, 1.165) is 6.42 Å². The first-order valence-electron chi connectivity index (χ1n) is 7.23. The zero-order valence-electron chi connectivity index (χ0n) is 13.0. The summed E-state index contributed by atoms with van der Waals surface area (Å²) < 4.78 is 25.7. The molecule has 0 radical (unpaired) electrons. The van der Waals surface area contributed by atoms with E-state index in [4.69, 9.17) is 11.6 Å². The lowest BCUT2D eigenvalue weighted by molar-refractivity contribution is 0.0919. The second kappa shape index (κ2) is 6.08. The molecule has 1 N–H and O–H groups in total. The maximum atomic E-state index is 12.3. The van der Waals surface area contributed by atoms with Crippen molar-refractivity contribution in [3.05, 3.63) is 28.8 Å². The molecule has 7 heteroatoms. The Labute approximate surface area is 136 Å². The number of hydrogen-bond donors (Lipinski definition) is 1. The summed E-state index contributed by atoms with van der Waals surface area (Å²) in [7, 11) is -3.31. The molecule has 1 aliphatic rings. The molecule has 2 rings (SSSR count). The van der Waals surface area contributed by atoms with Gasteiger partial charge in [-0.3, -0.25) is 9.10 Å². The highest BCUT2D eigenvalue weighted by Gasteiger charge is 2.27. The fraction of sp³-hybridized carbons (Fsp3) is 0.533. The van der Waals surface area contributed by atoms with Crippen LogP contribution >= 0.6 is 11.6 Å². The molecule has 0 unspecified atom stereocenters. The Morgan fingerprint density at radius 3 is 2.55 bits per heavy atom. The summed E-state index contributed by atoms with van der Waals surface area (Å²) in [5.74, 6) is -0.173. The van der Waals surface area contributed by atoms with Crippen molar-refractivity contribution in [1.29, 1.82) is 0 Å².